The van der Waals surface area contributed by atoms with Crippen LogP contribution in [-0.2, 0) is 0 Å². The summed E-state index contributed by atoms with van der Waals surface area (Å²) in [5.74, 6) is 0.668. The van der Waals surface area contributed by atoms with Crippen LogP contribution in [0.5, 0.6) is 0 Å². The Morgan fingerprint density at radius 2 is 1.96 bits per heavy atom. The van der Waals surface area contributed by atoms with Crippen molar-refractivity contribution in [1.29, 1.82) is 0 Å². The zero-order chi connectivity index (χ0) is 19.1. The first-order valence-electron chi connectivity index (χ1n) is 9.53. The second kappa shape index (κ2) is 9.55. The fourth-order valence-corrected chi connectivity index (χ4v) is 3.35. The Morgan fingerprint density at radius 3 is 2.70 bits per heavy atom. The molecule has 6 nitrogen and oxygen atoms in total. The van der Waals surface area contributed by atoms with Gasteiger partial charge in [0.05, 0.1) is 0 Å². The number of amides is 1. The van der Waals surface area contributed by atoms with E-state index in [1.165, 1.54) is 19.2 Å². The Morgan fingerprint density at radius 1 is 1.15 bits per heavy atom. The molecule has 1 fully saturated rings. The van der Waals surface area contributed by atoms with Crippen LogP contribution in [0.4, 0.5) is 11.5 Å². The molecular formula is C20H26ClN5O. The van der Waals surface area contributed by atoms with Crippen LogP contribution in [0, 0.1) is 0 Å². The van der Waals surface area contributed by atoms with Gasteiger partial charge in [0, 0.05) is 49.5 Å². The molecule has 1 N–H and O–H groups in total. The van der Waals surface area contributed by atoms with Crippen LogP contribution in [0.1, 0.15) is 36.7 Å². The van der Waals surface area contributed by atoms with Gasteiger partial charge in [-0.1, -0.05) is 37.4 Å². The molecule has 144 valence electrons. The first-order chi connectivity index (χ1) is 13.2. The lowest BCUT2D eigenvalue weighted by atomic mass is 10.2. The summed E-state index contributed by atoms with van der Waals surface area (Å²) in [6.45, 7) is 5.91. The first kappa shape index (κ1) is 19.4. The highest BCUT2D eigenvalue weighted by atomic mass is 35.5. The summed E-state index contributed by atoms with van der Waals surface area (Å²) in [5.41, 5.74) is 1.54. The normalized spacial score (nSPS) is 14.3. The number of nitrogens with one attached hydrogen (secondary N) is 1. The van der Waals surface area contributed by atoms with Gasteiger partial charge in [-0.15, -0.1) is 0 Å². The zero-order valence-corrected chi connectivity index (χ0v) is 16.5. The van der Waals surface area contributed by atoms with Crippen LogP contribution >= 0.6 is 11.6 Å². The van der Waals surface area contributed by atoms with E-state index in [4.69, 9.17) is 11.6 Å². The van der Waals surface area contributed by atoms with E-state index in [0.717, 1.165) is 36.8 Å². The number of anilines is 2. The summed E-state index contributed by atoms with van der Waals surface area (Å²) < 4.78 is 0. The number of halogens is 1. The number of carbonyl (C=O) groups excluding carboxylic acids is 1. The summed E-state index contributed by atoms with van der Waals surface area (Å²) >= 11 is 6.08. The van der Waals surface area contributed by atoms with E-state index < -0.39 is 0 Å². The number of hydrogen-bond donors (Lipinski definition) is 1. The van der Waals surface area contributed by atoms with Gasteiger partial charge in [0.25, 0.3) is 5.91 Å². The number of nitrogens with zero attached hydrogens (tertiary/aromatic N) is 4. The number of aromatic nitrogens is 2. The van der Waals surface area contributed by atoms with E-state index >= 15 is 0 Å². The Hall–Kier alpha value is -2.34. The largest absolute Gasteiger partial charge is 0.370 e. The van der Waals surface area contributed by atoms with E-state index in [1.54, 1.807) is 6.07 Å². The summed E-state index contributed by atoms with van der Waals surface area (Å²) in [6.07, 6.45) is 4.91. The standard InChI is InChI=1S/C20H26ClN5O/c1-2-3-4-8-22-19-14-18(23-15-24-19)20(27)26-11-9-25(10-12-26)17-7-5-6-16(21)13-17/h5-7,13-15H,2-4,8-12H2,1H3,(H,22,23,24). The van der Waals surface area contributed by atoms with Crippen LogP contribution < -0.4 is 10.2 Å². The minimum Gasteiger partial charge on any atom is -0.370 e. The van der Waals surface area contributed by atoms with E-state index in [0.29, 0.717) is 24.6 Å². The van der Waals surface area contributed by atoms with Crippen molar-refractivity contribution in [2.24, 2.45) is 0 Å². The van der Waals surface area contributed by atoms with Crippen molar-refractivity contribution < 1.29 is 4.79 Å². The molecule has 1 amide bonds. The van der Waals surface area contributed by atoms with Crippen molar-refractivity contribution in [2.45, 2.75) is 26.2 Å². The van der Waals surface area contributed by atoms with Gasteiger partial charge in [0.2, 0.25) is 0 Å². The van der Waals surface area contributed by atoms with Crippen LogP contribution in [0.25, 0.3) is 0 Å². The third-order valence-electron chi connectivity index (χ3n) is 4.71. The van der Waals surface area contributed by atoms with Crippen molar-refractivity contribution in [3.8, 4) is 0 Å². The molecule has 7 heteroatoms. The minimum absolute atomic E-state index is 0.0419. The second-order valence-corrected chi connectivity index (χ2v) is 7.12. The molecule has 0 radical (unpaired) electrons. The zero-order valence-electron chi connectivity index (χ0n) is 15.7. The maximum atomic E-state index is 12.8. The van der Waals surface area contributed by atoms with Crippen molar-refractivity contribution in [3.05, 3.63) is 47.4 Å². The summed E-state index contributed by atoms with van der Waals surface area (Å²) in [7, 11) is 0. The quantitative estimate of drug-likeness (QED) is 0.734. The Balaban J connectivity index is 1.56. The summed E-state index contributed by atoms with van der Waals surface area (Å²) in [4.78, 5) is 25.3. The van der Waals surface area contributed by atoms with Crippen LogP contribution in [0.2, 0.25) is 5.02 Å². The molecule has 3 rings (SSSR count). The van der Waals surface area contributed by atoms with Crippen LogP contribution in [0.15, 0.2) is 36.7 Å². The van der Waals surface area contributed by atoms with E-state index in [-0.39, 0.29) is 5.91 Å². The average molecular weight is 388 g/mol. The van der Waals surface area contributed by atoms with E-state index in [1.807, 2.05) is 29.2 Å². The SMILES string of the molecule is CCCCCNc1cc(C(=O)N2CCN(c3cccc(Cl)c3)CC2)ncn1. The highest BCUT2D eigenvalue weighted by Gasteiger charge is 2.23. The molecule has 1 aromatic carbocycles. The molecular weight excluding hydrogens is 362 g/mol. The molecule has 0 atom stereocenters. The number of hydrogen-bond acceptors (Lipinski definition) is 5. The minimum atomic E-state index is -0.0419. The average Bonchev–Trinajstić information content (AvgIpc) is 2.71. The third-order valence-corrected chi connectivity index (χ3v) is 4.95. The molecule has 1 aromatic heterocycles. The van der Waals surface area contributed by atoms with Crippen molar-refractivity contribution >= 4 is 29.0 Å². The van der Waals surface area contributed by atoms with Gasteiger partial charge in [-0.3, -0.25) is 4.79 Å². The fraction of sp³-hybridized carbons (Fsp3) is 0.450. The highest BCUT2D eigenvalue weighted by Crippen LogP contribution is 2.21. The Kier molecular flexibility index (Phi) is 6.87. The lowest BCUT2D eigenvalue weighted by molar-refractivity contribution is 0.0740. The Bertz CT molecular complexity index is 762. The third kappa shape index (κ3) is 5.32. The smallest absolute Gasteiger partial charge is 0.272 e. The van der Waals surface area contributed by atoms with Crippen molar-refractivity contribution in [3.63, 3.8) is 0 Å². The lowest BCUT2D eigenvalue weighted by Crippen LogP contribution is -2.49. The molecule has 2 heterocycles. The topological polar surface area (TPSA) is 61.4 Å². The predicted molar refractivity (Wildman–Crippen MR) is 110 cm³/mol. The molecule has 1 aliphatic rings. The highest BCUT2D eigenvalue weighted by molar-refractivity contribution is 6.30. The van der Waals surface area contributed by atoms with E-state index in [9.17, 15) is 4.79 Å². The van der Waals surface area contributed by atoms with Crippen LogP contribution in [0.3, 0.4) is 0 Å². The predicted octanol–water partition coefficient (Wildman–Crippen LogP) is 3.69. The second-order valence-electron chi connectivity index (χ2n) is 6.68. The number of benzene rings is 1. The first-order valence-corrected chi connectivity index (χ1v) is 9.91. The molecule has 1 aliphatic heterocycles. The van der Waals surface area contributed by atoms with Crippen molar-refractivity contribution in [2.75, 3.05) is 42.9 Å². The maximum absolute atomic E-state index is 12.8. The molecule has 0 spiro atoms. The van der Waals surface area contributed by atoms with Gasteiger partial charge in [0.1, 0.15) is 17.8 Å². The maximum Gasteiger partial charge on any atom is 0.272 e. The fourth-order valence-electron chi connectivity index (χ4n) is 3.16. The van der Waals surface area contributed by atoms with Gasteiger partial charge in [-0.05, 0) is 24.6 Å². The molecule has 0 saturated carbocycles. The van der Waals surface area contributed by atoms with Crippen LogP contribution in [-0.4, -0.2) is 53.5 Å². The van der Waals surface area contributed by atoms with Gasteiger partial charge in [-0.25, -0.2) is 9.97 Å². The summed E-state index contributed by atoms with van der Waals surface area (Å²) in [5, 5.41) is 4.00. The molecule has 27 heavy (non-hydrogen) atoms. The number of carbonyl (C=O) groups is 1. The number of unbranched alkanes of at least 4 members (excludes halogenated alkanes) is 2. The molecule has 0 unspecified atom stereocenters. The molecule has 0 bridgehead atoms. The number of rotatable bonds is 7. The van der Waals surface area contributed by atoms with Gasteiger partial charge in [-0.2, -0.15) is 0 Å². The molecule has 0 aliphatic carbocycles. The van der Waals surface area contributed by atoms with Gasteiger partial charge < -0.3 is 15.1 Å². The monoisotopic (exact) mass is 387 g/mol. The lowest BCUT2D eigenvalue weighted by Gasteiger charge is -2.36. The Labute approximate surface area is 165 Å². The molecule has 2 aromatic rings. The number of piperazine rings is 1. The van der Waals surface area contributed by atoms with Gasteiger partial charge >= 0.3 is 0 Å². The van der Waals surface area contributed by atoms with E-state index in [2.05, 4.69) is 27.1 Å². The summed E-state index contributed by atoms with van der Waals surface area (Å²) in [6, 6.07) is 9.57. The molecule has 1 saturated heterocycles. The van der Waals surface area contributed by atoms with Gasteiger partial charge in [0.15, 0.2) is 0 Å². The van der Waals surface area contributed by atoms with Crippen molar-refractivity contribution in [1.82, 2.24) is 14.9 Å².